The lowest BCUT2D eigenvalue weighted by Crippen LogP contribution is -2.31. The van der Waals surface area contributed by atoms with Gasteiger partial charge in [0.1, 0.15) is 11.1 Å². The monoisotopic (exact) mass is 397 g/mol. The molecule has 1 saturated heterocycles. The van der Waals surface area contributed by atoms with E-state index in [0.29, 0.717) is 24.5 Å². The second-order valence-corrected chi connectivity index (χ2v) is 6.48. The summed E-state index contributed by atoms with van der Waals surface area (Å²) in [7, 11) is 0. The molecule has 0 aromatic carbocycles. The Balaban J connectivity index is 1.64. The third kappa shape index (κ3) is 3.73. The molecule has 0 bridgehead atoms. The molecule has 1 atom stereocenters. The number of rotatable bonds is 3. The molecule has 1 aliphatic heterocycles. The van der Waals surface area contributed by atoms with E-state index in [-0.39, 0.29) is 17.0 Å². The molecule has 1 aliphatic rings. The van der Waals surface area contributed by atoms with Gasteiger partial charge in [-0.15, -0.1) is 0 Å². The van der Waals surface area contributed by atoms with Gasteiger partial charge in [-0.25, -0.2) is 4.98 Å². The highest BCUT2D eigenvalue weighted by atomic mass is 79.9. The Labute approximate surface area is 145 Å². The van der Waals surface area contributed by atoms with Crippen molar-refractivity contribution in [2.75, 3.05) is 13.1 Å². The summed E-state index contributed by atoms with van der Waals surface area (Å²) in [5, 5.41) is 0.00177. The summed E-state index contributed by atoms with van der Waals surface area (Å²) in [6, 6.07) is 5.01. The lowest BCUT2D eigenvalue weighted by molar-refractivity contribution is 0.0770. The molecule has 0 aliphatic carbocycles. The van der Waals surface area contributed by atoms with Crippen LogP contribution in [0.5, 0.6) is 5.88 Å². The Hall–Kier alpha value is -1.86. The van der Waals surface area contributed by atoms with Crippen molar-refractivity contribution in [3.8, 4) is 5.88 Å². The van der Waals surface area contributed by atoms with E-state index in [1.54, 1.807) is 17.2 Å². The highest BCUT2D eigenvalue weighted by molar-refractivity contribution is 9.10. The van der Waals surface area contributed by atoms with Crippen molar-refractivity contribution in [1.29, 1.82) is 0 Å². The van der Waals surface area contributed by atoms with E-state index in [0.717, 1.165) is 10.9 Å². The molecule has 0 radical (unpaired) electrons. The van der Waals surface area contributed by atoms with Crippen LogP contribution in [0.25, 0.3) is 0 Å². The predicted molar refractivity (Wildman–Crippen MR) is 88.9 cm³/mol. The second kappa shape index (κ2) is 6.72. The van der Waals surface area contributed by atoms with Gasteiger partial charge in [0.15, 0.2) is 0 Å². The van der Waals surface area contributed by atoms with Gasteiger partial charge in [0.2, 0.25) is 5.88 Å². The predicted octanol–water partition coefficient (Wildman–Crippen LogP) is 2.48. The van der Waals surface area contributed by atoms with Crippen LogP contribution in [0.2, 0.25) is 5.02 Å². The number of ether oxygens (including phenoxy) is 1. The Morgan fingerprint density at radius 1 is 1.48 bits per heavy atom. The van der Waals surface area contributed by atoms with E-state index in [4.69, 9.17) is 16.3 Å². The van der Waals surface area contributed by atoms with Gasteiger partial charge in [-0.05, 0) is 28.1 Å². The fraction of sp³-hybridized carbons (Fsp3) is 0.267. The smallest absolute Gasteiger partial charge is 0.266 e. The molecule has 1 fully saturated rings. The number of carbonyl (C=O) groups excluding carboxylic acids is 1. The molecule has 1 amide bonds. The van der Waals surface area contributed by atoms with Crippen LogP contribution in [0.4, 0.5) is 0 Å². The van der Waals surface area contributed by atoms with E-state index in [9.17, 15) is 9.59 Å². The number of carbonyl (C=O) groups is 1. The number of pyridine rings is 2. The topological polar surface area (TPSA) is 75.3 Å². The van der Waals surface area contributed by atoms with Gasteiger partial charge in [-0.2, -0.15) is 0 Å². The van der Waals surface area contributed by atoms with Gasteiger partial charge < -0.3 is 14.6 Å². The van der Waals surface area contributed by atoms with Crippen LogP contribution in [0.3, 0.4) is 0 Å². The number of nitrogens with one attached hydrogen (secondary N) is 1. The zero-order valence-electron chi connectivity index (χ0n) is 12.0. The molecule has 0 spiro atoms. The number of likely N-dealkylation sites (tertiary alicyclic amines) is 1. The molecule has 3 rings (SSSR count). The minimum absolute atomic E-state index is 0.00177. The van der Waals surface area contributed by atoms with Gasteiger partial charge in [0.25, 0.3) is 11.5 Å². The van der Waals surface area contributed by atoms with Crippen molar-refractivity contribution >= 4 is 33.4 Å². The standard InChI is InChI=1S/C15H13BrClN3O3/c16-10-1-2-13(18-7-10)23-11-3-4-20(8-11)15(22)9-5-12(17)14(21)19-6-9/h1-2,5-7,11H,3-4,8H2,(H,19,21). The van der Waals surface area contributed by atoms with Crippen LogP contribution < -0.4 is 10.3 Å². The molecule has 120 valence electrons. The first kappa shape index (κ1) is 16.0. The summed E-state index contributed by atoms with van der Waals surface area (Å²) in [6.07, 6.45) is 3.66. The summed E-state index contributed by atoms with van der Waals surface area (Å²) in [5.74, 6) is 0.345. The molecule has 0 saturated carbocycles. The second-order valence-electron chi connectivity index (χ2n) is 5.16. The van der Waals surface area contributed by atoms with Crippen LogP contribution >= 0.6 is 27.5 Å². The van der Waals surface area contributed by atoms with Crippen molar-refractivity contribution in [2.24, 2.45) is 0 Å². The number of halogens is 2. The van der Waals surface area contributed by atoms with Crippen LogP contribution in [0.1, 0.15) is 16.8 Å². The summed E-state index contributed by atoms with van der Waals surface area (Å²) >= 11 is 9.08. The number of hydrogen-bond donors (Lipinski definition) is 1. The molecule has 3 heterocycles. The van der Waals surface area contributed by atoms with E-state index >= 15 is 0 Å². The summed E-state index contributed by atoms with van der Waals surface area (Å²) in [4.78, 5) is 32.0. The van der Waals surface area contributed by atoms with E-state index in [1.807, 2.05) is 6.07 Å². The highest BCUT2D eigenvalue weighted by Crippen LogP contribution is 2.20. The fourth-order valence-electron chi connectivity index (χ4n) is 2.37. The number of nitrogens with zero attached hydrogens (tertiary/aromatic N) is 2. The Morgan fingerprint density at radius 3 is 3.00 bits per heavy atom. The maximum atomic E-state index is 12.4. The summed E-state index contributed by atoms with van der Waals surface area (Å²) in [6.45, 7) is 1.05. The SMILES string of the molecule is O=C(c1c[nH]c(=O)c(Cl)c1)N1CCC(Oc2ccc(Br)cn2)C1. The van der Waals surface area contributed by atoms with Crippen molar-refractivity contribution in [2.45, 2.75) is 12.5 Å². The number of aromatic nitrogens is 2. The zero-order valence-corrected chi connectivity index (χ0v) is 14.3. The number of amides is 1. The van der Waals surface area contributed by atoms with Crippen LogP contribution in [-0.4, -0.2) is 40.0 Å². The first-order valence-electron chi connectivity index (χ1n) is 6.98. The van der Waals surface area contributed by atoms with Gasteiger partial charge >= 0.3 is 0 Å². The minimum Gasteiger partial charge on any atom is -0.472 e. The Morgan fingerprint density at radius 2 is 2.30 bits per heavy atom. The van der Waals surface area contributed by atoms with Crippen LogP contribution in [0.15, 0.2) is 39.9 Å². The van der Waals surface area contributed by atoms with Crippen molar-refractivity contribution in [3.63, 3.8) is 0 Å². The van der Waals surface area contributed by atoms with Gasteiger partial charge in [0, 0.05) is 35.9 Å². The molecule has 1 N–H and O–H groups in total. The molecule has 6 nitrogen and oxygen atoms in total. The molecule has 2 aromatic rings. The lowest BCUT2D eigenvalue weighted by Gasteiger charge is -2.17. The number of H-pyrrole nitrogens is 1. The fourth-order valence-corrected chi connectivity index (χ4v) is 2.78. The zero-order chi connectivity index (χ0) is 16.4. The van der Waals surface area contributed by atoms with E-state index in [2.05, 4.69) is 25.9 Å². The first-order chi connectivity index (χ1) is 11.0. The minimum atomic E-state index is -0.410. The molecule has 23 heavy (non-hydrogen) atoms. The van der Waals surface area contributed by atoms with Gasteiger partial charge in [-0.3, -0.25) is 9.59 Å². The van der Waals surface area contributed by atoms with Crippen molar-refractivity contribution < 1.29 is 9.53 Å². The normalized spacial score (nSPS) is 17.3. The number of hydrogen-bond acceptors (Lipinski definition) is 4. The highest BCUT2D eigenvalue weighted by Gasteiger charge is 2.28. The average Bonchev–Trinajstić information content (AvgIpc) is 3.00. The maximum Gasteiger partial charge on any atom is 0.266 e. The Bertz CT molecular complexity index is 778. The molecular formula is C15H13BrClN3O3. The quantitative estimate of drug-likeness (QED) is 0.862. The van der Waals surface area contributed by atoms with Gasteiger partial charge in [0.05, 0.1) is 12.1 Å². The van der Waals surface area contributed by atoms with Crippen molar-refractivity contribution in [1.82, 2.24) is 14.9 Å². The maximum absolute atomic E-state index is 12.4. The van der Waals surface area contributed by atoms with E-state index < -0.39 is 5.56 Å². The lowest BCUT2D eigenvalue weighted by atomic mass is 10.2. The van der Waals surface area contributed by atoms with Gasteiger partial charge in [-0.1, -0.05) is 11.6 Å². The largest absolute Gasteiger partial charge is 0.472 e. The molecular weight excluding hydrogens is 386 g/mol. The molecule has 8 heteroatoms. The number of aromatic amines is 1. The average molecular weight is 399 g/mol. The third-order valence-corrected chi connectivity index (χ3v) is 4.27. The molecule has 1 unspecified atom stereocenters. The van der Waals surface area contributed by atoms with Crippen molar-refractivity contribution in [3.05, 3.63) is 56.0 Å². The first-order valence-corrected chi connectivity index (χ1v) is 8.16. The summed E-state index contributed by atoms with van der Waals surface area (Å²) in [5.41, 5.74) is -0.0517. The van der Waals surface area contributed by atoms with E-state index in [1.165, 1.54) is 12.3 Å². The summed E-state index contributed by atoms with van der Waals surface area (Å²) < 4.78 is 6.66. The van der Waals surface area contributed by atoms with Crippen LogP contribution in [0, 0.1) is 0 Å². The third-order valence-electron chi connectivity index (χ3n) is 3.52. The van der Waals surface area contributed by atoms with Crippen LogP contribution in [-0.2, 0) is 0 Å². The molecule has 2 aromatic heterocycles. The Kier molecular flexibility index (Phi) is 4.68.